The molecule has 140 valence electrons. The molecule has 0 fully saturated rings. The van der Waals surface area contributed by atoms with E-state index in [1.807, 2.05) is 0 Å². The quantitative estimate of drug-likeness (QED) is 0.654. The van der Waals surface area contributed by atoms with Crippen molar-refractivity contribution in [3.8, 4) is 11.4 Å². The van der Waals surface area contributed by atoms with Crippen molar-refractivity contribution < 1.29 is 17.9 Å². The Kier molecular flexibility index (Phi) is 5.03. The minimum Gasteiger partial charge on any atom is -0.495 e. The molecule has 11 heteroatoms. The van der Waals surface area contributed by atoms with E-state index in [-0.39, 0.29) is 16.6 Å². The fraction of sp³-hybridized carbons (Fsp3) is 0.125. The van der Waals surface area contributed by atoms with Crippen molar-refractivity contribution in [3.63, 3.8) is 0 Å². The van der Waals surface area contributed by atoms with Crippen LogP contribution in [-0.2, 0) is 14.8 Å². The van der Waals surface area contributed by atoms with Crippen molar-refractivity contribution in [1.82, 2.24) is 20.2 Å². The van der Waals surface area contributed by atoms with Crippen molar-refractivity contribution in [2.24, 2.45) is 0 Å². The standard InChI is InChI=1S/C16H16N6O4S/c1-11(23)18-12-6-7-15(26-2)16(9-12)27(24,25)19-13-4-3-5-14(8-13)22-10-17-20-21-22/h3-10,19H,1-2H3,(H,18,23). The topological polar surface area (TPSA) is 128 Å². The number of nitrogens with one attached hydrogen (secondary N) is 2. The lowest BCUT2D eigenvalue weighted by Gasteiger charge is -2.14. The third kappa shape index (κ3) is 4.20. The zero-order valence-corrected chi connectivity index (χ0v) is 15.3. The van der Waals surface area contributed by atoms with E-state index in [0.29, 0.717) is 17.1 Å². The Bertz CT molecular complexity index is 1070. The van der Waals surface area contributed by atoms with E-state index in [1.165, 1.54) is 37.2 Å². The number of methoxy groups -OCH3 is 1. The highest BCUT2D eigenvalue weighted by Crippen LogP contribution is 2.29. The van der Waals surface area contributed by atoms with Gasteiger partial charge in [0.25, 0.3) is 10.0 Å². The molecule has 0 unspecified atom stereocenters. The molecule has 1 amide bonds. The van der Waals surface area contributed by atoms with E-state index in [9.17, 15) is 13.2 Å². The molecular formula is C16H16N6O4S. The number of hydrogen-bond donors (Lipinski definition) is 2. The predicted molar refractivity (Wildman–Crippen MR) is 97.3 cm³/mol. The van der Waals surface area contributed by atoms with Crippen LogP contribution in [0.5, 0.6) is 5.75 Å². The molecule has 0 spiro atoms. The molecule has 0 aliphatic rings. The second-order valence-corrected chi connectivity index (χ2v) is 7.11. The Labute approximate surface area is 155 Å². The minimum absolute atomic E-state index is 0.107. The largest absolute Gasteiger partial charge is 0.495 e. The van der Waals surface area contributed by atoms with Crippen LogP contribution in [0.4, 0.5) is 11.4 Å². The first-order chi connectivity index (χ1) is 12.9. The van der Waals surface area contributed by atoms with E-state index < -0.39 is 10.0 Å². The van der Waals surface area contributed by atoms with Gasteiger partial charge in [0.15, 0.2) is 0 Å². The summed E-state index contributed by atoms with van der Waals surface area (Å²) in [6.45, 7) is 1.33. The number of benzene rings is 2. The Morgan fingerprint density at radius 2 is 1.96 bits per heavy atom. The first kappa shape index (κ1) is 18.3. The van der Waals surface area contributed by atoms with E-state index in [4.69, 9.17) is 4.74 Å². The SMILES string of the molecule is COc1ccc(NC(C)=O)cc1S(=O)(=O)Nc1cccc(-n2cnnn2)c1. The second kappa shape index (κ2) is 7.41. The van der Waals surface area contributed by atoms with E-state index in [1.54, 1.807) is 30.3 Å². The summed E-state index contributed by atoms with van der Waals surface area (Å²) in [5.74, 6) is -0.168. The third-order valence-electron chi connectivity index (χ3n) is 3.49. The fourth-order valence-corrected chi connectivity index (χ4v) is 3.61. The van der Waals surface area contributed by atoms with Gasteiger partial charge in [0.05, 0.1) is 18.5 Å². The van der Waals surface area contributed by atoms with Gasteiger partial charge in [-0.1, -0.05) is 6.07 Å². The summed E-state index contributed by atoms with van der Waals surface area (Å²) in [6, 6.07) is 10.9. The summed E-state index contributed by atoms with van der Waals surface area (Å²) in [5.41, 5.74) is 1.24. The predicted octanol–water partition coefficient (Wildman–Crippen LogP) is 1.43. The van der Waals surface area contributed by atoms with Crippen molar-refractivity contribution in [3.05, 3.63) is 48.8 Å². The molecule has 0 saturated carbocycles. The molecule has 1 aromatic heterocycles. The average molecular weight is 388 g/mol. The lowest BCUT2D eigenvalue weighted by atomic mass is 10.3. The van der Waals surface area contributed by atoms with Crippen LogP contribution in [0.15, 0.2) is 53.7 Å². The summed E-state index contributed by atoms with van der Waals surface area (Å²) in [7, 11) is -2.62. The lowest BCUT2D eigenvalue weighted by Crippen LogP contribution is -2.15. The van der Waals surface area contributed by atoms with Crippen molar-refractivity contribution in [1.29, 1.82) is 0 Å². The molecule has 10 nitrogen and oxygen atoms in total. The molecule has 0 bridgehead atoms. The van der Waals surface area contributed by atoms with Gasteiger partial charge in [0, 0.05) is 12.6 Å². The first-order valence-electron chi connectivity index (χ1n) is 7.71. The summed E-state index contributed by atoms with van der Waals surface area (Å²) < 4.78 is 34.8. The van der Waals surface area contributed by atoms with Crippen molar-refractivity contribution in [2.45, 2.75) is 11.8 Å². The molecule has 0 aliphatic heterocycles. The molecule has 0 aliphatic carbocycles. The molecule has 27 heavy (non-hydrogen) atoms. The Morgan fingerprint density at radius 3 is 2.63 bits per heavy atom. The van der Waals surface area contributed by atoms with Crippen LogP contribution in [0, 0.1) is 0 Å². The summed E-state index contributed by atoms with van der Waals surface area (Å²) in [5, 5.41) is 13.4. The minimum atomic E-state index is -3.99. The van der Waals surface area contributed by atoms with Gasteiger partial charge in [-0.15, -0.1) is 5.10 Å². The van der Waals surface area contributed by atoms with Crippen LogP contribution in [-0.4, -0.2) is 41.6 Å². The first-order valence-corrected chi connectivity index (χ1v) is 9.19. The maximum absolute atomic E-state index is 12.9. The maximum Gasteiger partial charge on any atom is 0.265 e. The molecule has 2 N–H and O–H groups in total. The number of carbonyl (C=O) groups excluding carboxylic acids is 1. The fourth-order valence-electron chi connectivity index (χ4n) is 2.37. The highest BCUT2D eigenvalue weighted by Gasteiger charge is 2.21. The van der Waals surface area contributed by atoms with E-state index in [2.05, 4.69) is 25.6 Å². The second-order valence-electron chi connectivity index (χ2n) is 5.46. The van der Waals surface area contributed by atoms with Gasteiger partial charge < -0.3 is 10.1 Å². The average Bonchev–Trinajstić information content (AvgIpc) is 3.16. The van der Waals surface area contributed by atoms with Crippen LogP contribution < -0.4 is 14.8 Å². The number of nitrogens with zero attached hydrogens (tertiary/aromatic N) is 4. The highest BCUT2D eigenvalue weighted by atomic mass is 32.2. The van der Waals surface area contributed by atoms with Gasteiger partial charge in [-0.05, 0) is 46.8 Å². The number of anilines is 2. The Hall–Kier alpha value is -3.47. The van der Waals surface area contributed by atoms with Crippen LogP contribution in [0.1, 0.15) is 6.92 Å². The molecule has 3 rings (SSSR count). The van der Waals surface area contributed by atoms with Gasteiger partial charge in [-0.25, -0.2) is 13.1 Å². The molecule has 0 saturated heterocycles. The van der Waals surface area contributed by atoms with Crippen molar-refractivity contribution >= 4 is 27.3 Å². The smallest absolute Gasteiger partial charge is 0.265 e. The Morgan fingerprint density at radius 1 is 1.15 bits per heavy atom. The molecule has 0 atom stereocenters. The number of hydrogen-bond acceptors (Lipinski definition) is 7. The van der Waals surface area contributed by atoms with Gasteiger partial charge in [0.2, 0.25) is 5.91 Å². The number of ether oxygens (including phenoxy) is 1. The number of sulfonamides is 1. The number of amides is 1. The normalized spacial score (nSPS) is 11.0. The molecule has 2 aromatic carbocycles. The Balaban J connectivity index is 1.95. The highest BCUT2D eigenvalue weighted by molar-refractivity contribution is 7.92. The van der Waals surface area contributed by atoms with Crippen LogP contribution >= 0.6 is 0 Å². The molecule has 0 radical (unpaired) electrons. The molecular weight excluding hydrogens is 372 g/mol. The van der Waals surface area contributed by atoms with Crippen molar-refractivity contribution in [2.75, 3.05) is 17.1 Å². The number of carbonyl (C=O) groups is 1. The monoisotopic (exact) mass is 388 g/mol. The number of tetrazole rings is 1. The maximum atomic E-state index is 12.9. The number of rotatable bonds is 6. The van der Waals surface area contributed by atoms with Gasteiger partial charge in [-0.3, -0.25) is 9.52 Å². The van der Waals surface area contributed by atoms with E-state index in [0.717, 1.165) is 0 Å². The van der Waals surface area contributed by atoms with Crippen LogP contribution in [0.25, 0.3) is 5.69 Å². The summed E-state index contributed by atoms with van der Waals surface area (Å²) >= 11 is 0. The lowest BCUT2D eigenvalue weighted by molar-refractivity contribution is -0.114. The number of aromatic nitrogens is 4. The summed E-state index contributed by atoms with van der Waals surface area (Å²) in [6.07, 6.45) is 1.40. The van der Waals surface area contributed by atoms with Gasteiger partial charge >= 0.3 is 0 Å². The zero-order chi connectivity index (χ0) is 19.4. The van der Waals surface area contributed by atoms with Crippen LogP contribution in [0.3, 0.4) is 0 Å². The molecule has 1 heterocycles. The van der Waals surface area contributed by atoms with E-state index >= 15 is 0 Å². The summed E-state index contributed by atoms with van der Waals surface area (Å²) in [4.78, 5) is 11.1. The van der Waals surface area contributed by atoms with Crippen LogP contribution in [0.2, 0.25) is 0 Å². The van der Waals surface area contributed by atoms with Gasteiger partial charge in [0.1, 0.15) is 17.0 Å². The zero-order valence-electron chi connectivity index (χ0n) is 14.4. The third-order valence-corrected chi connectivity index (χ3v) is 4.89. The molecule has 3 aromatic rings. The van der Waals surface area contributed by atoms with Gasteiger partial charge in [-0.2, -0.15) is 0 Å².